The molecule has 226 valence electrons. The first-order valence-corrected chi connectivity index (χ1v) is 16.3. The van der Waals surface area contributed by atoms with Gasteiger partial charge in [-0.25, -0.2) is 4.39 Å². The second kappa shape index (κ2) is 10.5. The Kier molecular flexibility index (Phi) is 6.94. The molecule has 41 heavy (non-hydrogen) atoms. The largest absolute Gasteiger partial charge is 0.379 e. The molecular formula is C31H45FN4O5. The van der Waals surface area contributed by atoms with Gasteiger partial charge in [-0.2, -0.15) is 0 Å². The predicted molar refractivity (Wildman–Crippen MR) is 148 cm³/mol. The van der Waals surface area contributed by atoms with Crippen molar-refractivity contribution in [3.05, 3.63) is 11.8 Å². The van der Waals surface area contributed by atoms with E-state index in [4.69, 9.17) is 14.2 Å². The van der Waals surface area contributed by atoms with Gasteiger partial charge < -0.3 is 28.9 Å². The molecule has 11 unspecified atom stereocenters. The van der Waals surface area contributed by atoms with Crippen molar-refractivity contribution in [2.24, 2.45) is 17.8 Å². The monoisotopic (exact) mass is 572 g/mol. The molecule has 10 heteroatoms. The Morgan fingerprint density at radius 3 is 2.46 bits per heavy atom. The number of carbonyl (C=O) groups is 2. The van der Waals surface area contributed by atoms with Gasteiger partial charge in [-0.1, -0.05) is 12.8 Å². The highest BCUT2D eigenvalue weighted by Gasteiger charge is 2.62. The van der Waals surface area contributed by atoms with Crippen LogP contribution >= 0.6 is 0 Å². The molecule has 0 N–H and O–H groups in total. The van der Waals surface area contributed by atoms with Crippen molar-refractivity contribution in [3.63, 3.8) is 0 Å². The fourth-order valence-corrected chi connectivity index (χ4v) is 9.85. The highest BCUT2D eigenvalue weighted by atomic mass is 19.1. The zero-order valence-corrected chi connectivity index (χ0v) is 24.2. The first-order chi connectivity index (χ1) is 20.0. The number of ether oxygens (including phenoxy) is 3. The zero-order valence-electron chi connectivity index (χ0n) is 24.2. The van der Waals surface area contributed by atoms with Crippen molar-refractivity contribution in [2.75, 3.05) is 59.5 Å². The summed E-state index contributed by atoms with van der Waals surface area (Å²) in [7, 11) is 2.05. The molecule has 9 nitrogen and oxygen atoms in total. The van der Waals surface area contributed by atoms with Crippen LogP contribution in [0.5, 0.6) is 0 Å². The number of nitrogens with zero attached hydrogens (tertiary/aromatic N) is 4. The van der Waals surface area contributed by atoms with Gasteiger partial charge in [-0.05, 0) is 51.0 Å². The van der Waals surface area contributed by atoms with Gasteiger partial charge in [0, 0.05) is 51.4 Å². The third-order valence-corrected chi connectivity index (χ3v) is 11.9. The molecule has 11 atom stereocenters. The lowest BCUT2D eigenvalue weighted by Gasteiger charge is -2.61. The summed E-state index contributed by atoms with van der Waals surface area (Å²) < 4.78 is 35.6. The molecule has 3 aliphatic carbocycles. The number of hydrogen-bond acceptors (Lipinski definition) is 8. The molecule has 0 aromatic heterocycles. The van der Waals surface area contributed by atoms with E-state index in [1.807, 2.05) is 11.1 Å². The molecule has 0 radical (unpaired) electrons. The highest BCUT2D eigenvalue weighted by molar-refractivity contribution is 6.20. The predicted octanol–water partition coefficient (Wildman–Crippen LogP) is 1.46. The van der Waals surface area contributed by atoms with Crippen LogP contribution in [-0.4, -0.2) is 140 Å². The number of Topliss-reactive ketones (excluding diaryl/α,β-unsaturated/α-hetero) is 1. The Hall–Kier alpha value is -1.59. The standard InChI is InChI=1S/C31H45FN4O5/c1-33-6-8-35(9-7-33)31(38)21-17-36-23-16-25-19(18-4-2-3-5-24(18)40-25)15-26(23)41-30-27(36)20(29(21)37)14-22(32)28(30)34-10-12-39-13-11-34/h17-20,22-28,30H,2-16H2,1H3. The Morgan fingerprint density at radius 1 is 0.878 bits per heavy atom. The van der Waals surface area contributed by atoms with Gasteiger partial charge in [0.25, 0.3) is 5.91 Å². The lowest BCUT2D eigenvalue weighted by Crippen LogP contribution is -2.74. The number of fused-ring (bicyclic) bond motifs is 5. The van der Waals surface area contributed by atoms with Gasteiger partial charge in [-0.3, -0.25) is 14.5 Å². The molecule has 8 aliphatic rings. The third kappa shape index (κ3) is 4.41. The van der Waals surface area contributed by atoms with Crippen LogP contribution in [0.15, 0.2) is 11.8 Å². The first-order valence-electron chi connectivity index (χ1n) is 16.3. The number of carbonyl (C=O) groups excluding carboxylic acids is 2. The molecule has 0 bridgehead atoms. The summed E-state index contributed by atoms with van der Waals surface area (Å²) in [5.41, 5.74) is 0.246. The number of halogens is 1. The van der Waals surface area contributed by atoms with Gasteiger partial charge in [0.1, 0.15) is 6.17 Å². The summed E-state index contributed by atoms with van der Waals surface area (Å²) in [6.45, 7) is 5.33. The van der Waals surface area contributed by atoms with Gasteiger partial charge in [0.15, 0.2) is 5.78 Å². The van der Waals surface area contributed by atoms with E-state index in [2.05, 4.69) is 21.7 Å². The van der Waals surface area contributed by atoms with Crippen LogP contribution in [-0.2, 0) is 23.8 Å². The van der Waals surface area contributed by atoms with Crippen LogP contribution in [0.3, 0.4) is 0 Å². The van der Waals surface area contributed by atoms with E-state index in [1.165, 1.54) is 19.3 Å². The van der Waals surface area contributed by atoms with Crippen molar-refractivity contribution in [3.8, 4) is 0 Å². The summed E-state index contributed by atoms with van der Waals surface area (Å²) in [4.78, 5) is 36.4. The van der Waals surface area contributed by atoms with Gasteiger partial charge in [-0.15, -0.1) is 0 Å². The SMILES string of the molecule is CN1CCN(C(=O)C2=CN3C4CC5OC6CCCCC6C5CC4OC4C(N5CCOCC5)C(F)CC(C2=O)C43)CC1. The van der Waals surface area contributed by atoms with E-state index in [9.17, 15) is 9.59 Å². The number of hydrogen-bond donors (Lipinski definition) is 0. The van der Waals surface area contributed by atoms with Crippen LogP contribution in [0, 0.1) is 17.8 Å². The average molecular weight is 573 g/mol. The van der Waals surface area contributed by atoms with E-state index in [-0.39, 0.29) is 48.0 Å². The summed E-state index contributed by atoms with van der Waals surface area (Å²) in [5.74, 6) is 0.106. The molecule has 0 aromatic rings. The normalized spacial score (nSPS) is 46.7. The molecule has 7 fully saturated rings. The van der Waals surface area contributed by atoms with Gasteiger partial charge in [0.2, 0.25) is 0 Å². The topological polar surface area (TPSA) is 74.8 Å². The van der Waals surface area contributed by atoms with Crippen LogP contribution in [0.25, 0.3) is 0 Å². The molecular weight excluding hydrogens is 527 g/mol. The summed E-state index contributed by atoms with van der Waals surface area (Å²) in [5, 5.41) is 0. The Labute approximate surface area is 242 Å². The van der Waals surface area contributed by atoms with Crippen molar-refractivity contribution < 1.29 is 28.2 Å². The summed E-state index contributed by atoms with van der Waals surface area (Å²) in [6, 6.07) is -0.627. The third-order valence-electron chi connectivity index (χ3n) is 11.9. The van der Waals surface area contributed by atoms with Crippen LogP contribution in [0.1, 0.15) is 44.9 Å². The van der Waals surface area contributed by atoms with E-state index in [1.54, 1.807) is 0 Å². The maximum atomic E-state index is 16.3. The molecule has 3 saturated carbocycles. The number of ketones is 1. The van der Waals surface area contributed by atoms with Crippen LogP contribution < -0.4 is 0 Å². The molecule has 1 amide bonds. The fraction of sp³-hybridized carbons (Fsp3) is 0.871. The summed E-state index contributed by atoms with van der Waals surface area (Å²) >= 11 is 0. The summed E-state index contributed by atoms with van der Waals surface area (Å²) in [6.07, 6.45) is 7.55. The number of piperazine rings is 1. The zero-order chi connectivity index (χ0) is 27.8. The molecule has 0 spiro atoms. The van der Waals surface area contributed by atoms with E-state index >= 15 is 4.39 Å². The number of alkyl halides is 1. The maximum absolute atomic E-state index is 16.3. The maximum Gasteiger partial charge on any atom is 0.259 e. The molecule has 4 saturated heterocycles. The van der Waals surface area contributed by atoms with Crippen LogP contribution in [0.2, 0.25) is 0 Å². The second-order valence-corrected chi connectivity index (χ2v) is 13.9. The highest BCUT2D eigenvalue weighted by Crippen LogP contribution is 2.53. The molecule has 0 aromatic carbocycles. The molecule has 5 heterocycles. The number of morpholine rings is 2. The quantitative estimate of drug-likeness (QED) is 0.461. The van der Waals surface area contributed by atoms with Crippen molar-refractivity contribution >= 4 is 11.7 Å². The first kappa shape index (κ1) is 27.0. The molecule has 8 rings (SSSR count). The number of amides is 1. The average Bonchev–Trinajstić information content (AvgIpc) is 3.35. The Morgan fingerprint density at radius 2 is 1.66 bits per heavy atom. The minimum atomic E-state index is -1.19. The van der Waals surface area contributed by atoms with E-state index < -0.39 is 24.2 Å². The lowest BCUT2D eigenvalue weighted by molar-refractivity contribution is -0.225. The molecule has 5 aliphatic heterocycles. The van der Waals surface area contributed by atoms with Crippen LogP contribution in [0.4, 0.5) is 4.39 Å². The lowest BCUT2D eigenvalue weighted by atomic mass is 9.66. The Balaban J connectivity index is 1.15. The second-order valence-electron chi connectivity index (χ2n) is 13.9. The van der Waals surface area contributed by atoms with Crippen molar-refractivity contribution in [1.29, 1.82) is 0 Å². The van der Waals surface area contributed by atoms with Crippen molar-refractivity contribution in [1.82, 2.24) is 19.6 Å². The minimum Gasteiger partial charge on any atom is -0.379 e. The number of likely N-dealkylation sites (N-methyl/N-ethyl adjacent to an activating group) is 1. The van der Waals surface area contributed by atoms with E-state index in [0.29, 0.717) is 57.3 Å². The fourth-order valence-electron chi connectivity index (χ4n) is 9.85. The number of rotatable bonds is 2. The van der Waals surface area contributed by atoms with Crippen molar-refractivity contribution in [2.45, 2.75) is 93.7 Å². The van der Waals surface area contributed by atoms with Gasteiger partial charge >= 0.3 is 0 Å². The smallest absolute Gasteiger partial charge is 0.259 e. The van der Waals surface area contributed by atoms with E-state index in [0.717, 1.165) is 32.4 Å². The van der Waals surface area contributed by atoms with Gasteiger partial charge in [0.05, 0.1) is 61.3 Å². The Bertz CT molecular complexity index is 1080. The minimum absolute atomic E-state index is 0.0324.